The van der Waals surface area contributed by atoms with Gasteiger partial charge in [0.25, 0.3) is 10.0 Å². The Morgan fingerprint density at radius 3 is 2.57 bits per heavy atom. The van der Waals surface area contributed by atoms with Crippen LogP contribution >= 0.6 is 0 Å². The van der Waals surface area contributed by atoms with Gasteiger partial charge in [-0.25, -0.2) is 8.42 Å². The summed E-state index contributed by atoms with van der Waals surface area (Å²) in [5.41, 5.74) is 2.12. The summed E-state index contributed by atoms with van der Waals surface area (Å²) >= 11 is 0. The van der Waals surface area contributed by atoms with Crippen molar-refractivity contribution >= 4 is 15.9 Å². The lowest BCUT2D eigenvalue weighted by Crippen LogP contribution is -2.46. The Labute approximate surface area is 165 Å². The Bertz CT molecular complexity index is 1000. The molecule has 0 amide bonds. The van der Waals surface area contributed by atoms with Gasteiger partial charge in [0.05, 0.1) is 12.9 Å². The van der Waals surface area contributed by atoms with Crippen molar-refractivity contribution in [1.29, 1.82) is 0 Å². The molecule has 0 N–H and O–H groups in total. The van der Waals surface area contributed by atoms with Crippen LogP contribution in [0.5, 0.6) is 17.2 Å². The van der Waals surface area contributed by atoms with E-state index in [1.807, 2.05) is 49.4 Å². The van der Waals surface area contributed by atoms with E-state index in [0.717, 1.165) is 42.0 Å². The van der Waals surface area contributed by atoms with Crippen molar-refractivity contribution in [2.45, 2.75) is 25.7 Å². The normalized spacial score (nSPS) is 20.9. The van der Waals surface area contributed by atoms with E-state index in [2.05, 4.69) is 9.30 Å². The first-order valence-corrected chi connectivity index (χ1v) is 11.1. The Morgan fingerprint density at radius 2 is 1.82 bits per heavy atom. The van der Waals surface area contributed by atoms with Gasteiger partial charge in [0.2, 0.25) is 0 Å². The number of piperidine rings is 1. The monoisotopic (exact) mass is 400 g/mol. The predicted octanol–water partition coefficient (Wildman–Crippen LogP) is 3.72. The second kappa shape index (κ2) is 7.47. The summed E-state index contributed by atoms with van der Waals surface area (Å²) < 4.78 is 39.3. The highest BCUT2D eigenvalue weighted by Crippen LogP contribution is 2.33. The summed E-state index contributed by atoms with van der Waals surface area (Å²) in [6.07, 6.45) is 1.94. The standard InChI is InChI=1S/C21H24N2O4S/c1-15-5-8-18(14-20(15)26-2)27-17-9-6-16(7-10-17)19-4-3-11-23-12-13-28(24,25)22-21(19)23/h5-10,14,19H,3-4,11-13H2,1-2H3. The first kappa shape index (κ1) is 18.8. The van der Waals surface area contributed by atoms with Crippen molar-refractivity contribution in [2.24, 2.45) is 4.40 Å². The molecule has 6 nitrogen and oxygen atoms in total. The Morgan fingerprint density at radius 1 is 1.07 bits per heavy atom. The molecular formula is C21H24N2O4S. The van der Waals surface area contributed by atoms with Crippen LogP contribution in [0.25, 0.3) is 0 Å². The number of hydrogen-bond acceptors (Lipinski definition) is 5. The number of sulfonamides is 1. The van der Waals surface area contributed by atoms with Crippen molar-refractivity contribution in [2.75, 3.05) is 26.0 Å². The van der Waals surface area contributed by atoms with E-state index in [1.54, 1.807) is 7.11 Å². The van der Waals surface area contributed by atoms with Gasteiger partial charge in [-0.3, -0.25) is 0 Å². The van der Waals surface area contributed by atoms with Crippen LogP contribution in [-0.4, -0.2) is 45.1 Å². The highest BCUT2D eigenvalue weighted by Gasteiger charge is 2.33. The second-order valence-corrected chi connectivity index (χ2v) is 8.97. The molecule has 0 radical (unpaired) electrons. The fourth-order valence-corrected chi connectivity index (χ4v) is 4.87. The predicted molar refractivity (Wildman–Crippen MR) is 109 cm³/mol. The number of fused-ring (bicyclic) bond motifs is 1. The van der Waals surface area contributed by atoms with Crippen LogP contribution in [0.4, 0.5) is 0 Å². The van der Waals surface area contributed by atoms with Crippen molar-refractivity contribution in [3.63, 3.8) is 0 Å². The molecule has 2 aromatic carbocycles. The van der Waals surface area contributed by atoms with E-state index < -0.39 is 10.0 Å². The van der Waals surface area contributed by atoms with Crippen LogP contribution in [0.1, 0.15) is 29.9 Å². The number of hydrogen-bond donors (Lipinski definition) is 0. The minimum atomic E-state index is -3.34. The molecule has 1 unspecified atom stereocenters. The van der Waals surface area contributed by atoms with Gasteiger partial charge in [-0.05, 0) is 49.1 Å². The quantitative estimate of drug-likeness (QED) is 0.782. The Balaban J connectivity index is 1.55. The maximum atomic E-state index is 12.0. The first-order valence-electron chi connectivity index (χ1n) is 9.45. The molecule has 0 aromatic heterocycles. The largest absolute Gasteiger partial charge is 0.496 e. The molecule has 2 aliphatic rings. The van der Waals surface area contributed by atoms with Gasteiger partial charge in [0, 0.05) is 25.1 Å². The van der Waals surface area contributed by atoms with Crippen LogP contribution in [0, 0.1) is 6.92 Å². The zero-order chi connectivity index (χ0) is 19.7. The second-order valence-electron chi connectivity index (χ2n) is 7.22. The summed E-state index contributed by atoms with van der Waals surface area (Å²) in [4.78, 5) is 2.11. The van der Waals surface area contributed by atoms with Crippen molar-refractivity contribution in [3.8, 4) is 17.2 Å². The lowest BCUT2D eigenvalue weighted by molar-refractivity contribution is 0.366. The SMILES string of the molecule is COc1cc(Oc2ccc(C3CCCN4CCS(=O)(=O)N=C34)cc2)ccc1C. The third kappa shape index (κ3) is 3.85. The molecule has 1 fully saturated rings. The van der Waals surface area contributed by atoms with Crippen LogP contribution in [0.15, 0.2) is 46.9 Å². The average Bonchev–Trinajstić information content (AvgIpc) is 2.69. The van der Waals surface area contributed by atoms with Gasteiger partial charge in [0.1, 0.15) is 23.1 Å². The van der Waals surface area contributed by atoms with E-state index >= 15 is 0 Å². The maximum Gasteiger partial charge on any atom is 0.256 e. The number of nitrogens with zero attached hydrogens (tertiary/aromatic N) is 2. The number of methoxy groups -OCH3 is 1. The van der Waals surface area contributed by atoms with Gasteiger partial charge in [0.15, 0.2) is 0 Å². The van der Waals surface area contributed by atoms with Gasteiger partial charge in [-0.15, -0.1) is 4.40 Å². The van der Waals surface area contributed by atoms with Crippen molar-refractivity contribution in [1.82, 2.24) is 4.90 Å². The number of rotatable bonds is 4. The summed E-state index contributed by atoms with van der Waals surface area (Å²) in [5, 5.41) is 0. The Hall–Kier alpha value is -2.54. The lowest BCUT2D eigenvalue weighted by Gasteiger charge is -2.37. The average molecular weight is 401 g/mol. The lowest BCUT2D eigenvalue weighted by atomic mass is 9.89. The molecule has 0 aliphatic carbocycles. The van der Waals surface area contributed by atoms with Crippen LogP contribution < -0.4 is 9.47 Å². The van der Waals surface area contributed by atoms with Crippen molar-refractivity contribution < 1.29 is 17.9 Å². The number of benzene rings is 2. The van der Waals surface area contributed by atoms with Crippen LogP contribution in [-0.2, 0) is 10.0 Å². The molecule has 0 saturated carbocycles. The smallest absolute Gasteiger partial charge is 0.256 e. The maximum absolute atomic E-state index is 12.0. The molecule has 2 aromatic rings. The first-order chi connectivity index (χ1) is 13.4. The summed E-state index contributed by atoms with van der Waals surface area (Å²) in [7, 11) is -1.70. The summed E-state index contributed by atoms with van der Waals surface area (Å²) in [6.45, 7) is 3.40. The molecule has 148 valence electrons. The number of ether oxygens (including phenoxy) is 2. The van der Waals surface area contributed by atoms with Gasteiger partial charge >= 0.3 is 0 Å². The van der Waals surface area contributed by atoms with E-state index in [-0.39, 0.29) is 11.7 Å². The highest BCUT2D eigenvalue weighted by molar-refractivity contribution is 7.90. The van der Waals surface area contributed by atoms with Crippen LogP contribution in [0.3, 0.4) is 0 Å². The van der Waals surface area contributed by atoms with Crippen LogP contribution in [0.2, 0.25) is 0 Å². The zero-order valence-electron chi connectivity index (χ0n) is 16.1. The number of aryl methyl sites for hydroxylation is 1. The van der Waals surface area contributed by atoms with E-state index in [4.69, 9.17) is 9.47 Å². The molecular weight excluding hydrogens is 376 g/mol. The topological polar surface area (TPSA) is 68.2 Å². The molecule has 0 bridgehead atoms. The molecule has 1 saturated heterocycles. The molecule has 2 heterocycles. The van der Waals surface area contributed by atoms with Crippen molar-refractivity contribution in [3.05, 3.63) is 53.6 Å². The molecule has 0 spiro atoms. The molecule has 2 aliphatic heterocycles. The fourth-order valence-electron chi connectivity index (χ4n) is 3.80. The van der Waals surface area contributed by atoms with Gasteiger partial charge in [-0.2, -0.15) is 0 Å². The van der Waals surface area contributed by atoms with E-state index in [9.17, 15) is 8.42 Å². The minimum absolute atomic E-state index is 0.0114. The molecule has 1 atom stereocenters. The Kier molecular flexibility index (Phi) is 5.02. The van der Waals surface area contributed by atoms with E-state index in [0.29, 0.717) is 18.1 Å². The third-order valence-electron chi connectivity index (χ3n) is 5.31. The molecule has 4 rings (SSSR count). The minimum Gasteiger partial charge on any atom is -0.496 e. The van der Waals surface area contributed by atoms with Gasteiger partial charge < -0.3 is 14.4 Å². The molecule has 28 heavy (non-hydrogen) atoms. The zero-order valence-corrected chi connectivity index (χ0v) is 16.9. The van der Waals surface area contributed by atoms with E-state index in [1.165, 1.54) is 0 Å². The number of amidine groups is 1. The van der Waals surface area contributed by atoms with Gasteiger partial charge in [-0.1, -0.05) is 18.2 Å². The highest BCUT2D eigenvalue weighted by atomic mass is 32.2. The molecule has 7 heteroatoms. The third-order valence-corrected chi connectivity index (χ3v) is 6.47. The summed E-state index contributed by atoms with van der Waals surface area (Å²) in [5.74, 6) is 3.03. The summed E-state index contributed by atoms with van der Waals surface area (Å²) in [6, 6.07) is 13.6. The fraction of sp³-hybridized carbons (Fsp3) is 0.381.